The van der Waals surface area contributed by atoms with Gasteiger partial charge in [-0.25, -0.2) is 9.78 Å². The van der Waals surface area contributed by atoms with E-state index in [-0.39, 0.29) is 6.61 Å². The summed E-state index contributed by atoms with van der Waals surface area (Å²) < 4.78 is 5.85. The minimum Gasteiger partial charge on any atom is -0.464 e. The van der Waals surface area contributed by atoms with Gasteiger partial charge >= 0.3 is 5.97 Å². The lowest BCUT2D eigenvalue weighted by molar-refractivity contribution is 0.0594. The minimum absolute atomic E-state index is 0.183. The van der Waals surface area contributed by atoms with Gasteiger partial charge in [0.2, 0.25) is 0 Å². The maximum absolute atomic E-state index is 12.0. The van der Waals surface area contributed by atoms with Crippen LogP contribution in [0, 0.1) is 0 Å². The lowest BCUT2D eigenvalue weighted by Crippen LogP contribution is -2.44. The number of esters is 1. The molecule has 0 atom stereocenters. The maximum atomic E-state index is 12.0. The number of ether oxygens (including phenoxy) is 1. The topological polar surface area (TPSA) is 65.9 Å². The van der Waals surface area contributed by atoms with Crippen LogP contribution in [-0.2, 0) is 4.74 Å². The van der Waals surface area contributed by atoms with Crippen LogP contribution in [-0.4, -0.2) is 67.4 Å². The number of aromatic nitrogens is 1. The molecule has 2 aromatic rings. The molecule has 1 aromatic heterocycles. The normalized spacial score (nSPS) is 15.7. The highest BCUT2D eigenvalue weighted by atomic mass is 79.9. The largest absolute Gasteiger partial charge is 0.464 e. The summed E-state index contributed by atoms with van der Waals surface area (Å²) in [6.45, 7) is 2.67. The Labute approximate surface area is 161 Å². The molecular weight excluding hydrogens is 398 g/mol. The molecule has 1 aromatic carbocycles. The van der Waals surface area contributed by atoms with Gasteiger partial charge in [0.15, 0.2) is 5.69 Å². The minimum atomic E-state index is -0.423. The van der Waals surface area contributed by atoms with E-state index in [1.54, 1.807) is 0 Å². The second-order valence-electron chi connectivity index (χ2n) is 6.60. The summed E-state index contributed by atoms with van der Waals surface area (Å²) in [5.74, 6) is -0.423. The van der Waals surface area contributed by atoms with Crippen molar-refractivity contribution in [2.24, 2.45) is 0 Å². The van der Waals surface area contributed by atoms with Crippen LogP contribution < -0.4 is 4.90 Å². The van der Waals surface area contributed by atoms with Crippen molar-refractivity contribution < 1.29 is 14.6 Å². The molecule has 6 nitrogen and oxygen atoms in total. The summed E-state index contributed by atoms with van der Waals surface area (Å²) in [7, 11) is 3.43. The average molecular weight is 422 g/mol. The molecule has 1 aliphatic heterocycles. The maximum Gasteiger partial charge on any atom is 0.356 e. The molecule has 0 radical (unpaired) electrons. The molecule has 140 valence electrons. The van der Waals surface area contributed by atoms with Crippen molar-refractivity contribution >= 4 is 38.5 Å². The molecule has 1 fully saturated rings. The molecule has 26 heavy (non-hydrogen) atoms. The van der Waals surface area contributed by atoms with Crippen molar-refractivity contribution in [2.75, 3.05) is 45.3 Å². The van der Waals surface area contributed by atoms with E-state index in [0.717, 1.165) is 47.0 Å². The zero-order chi connectivity index (χ0) is 18.7. The third kappa shape index (κ3) is 4.00. The van der Waals surface area contributed by atoms with Crippen LogP contribution in [0.15, 0.2) is 28.7 Å². The first-order valence-electron chi connectivity index (χ1n) is 8.78. The van der Waals surface area contributed by atoms with Crippen molar-refractivity contribution in [1.82, 2.24) is 9.88 Å². The van der Waals surface area contributed by atoms with Gasteiger partial charge in [-0.05, 0) is 44.2 Å². The Morgan fingerprint density at radius 1 is 1.38 bits per heavy atom. The van der Waals surface area contributed by atoms with Gasteiger partial charge in [-0.15, -0.1) is 0 Å². The molecule has 0 amide bonds. The number of halogens is 1. The van der Waals surface area contributed by atoms with E-state index in [0.29, 0.717) is 18.3 Å². The Kier molecular flexibility index (Phi) is 6.11. The smallest absolute Gasteiger partial charge is 0.356 e. The lowest BCUT2D eigenvalue weighted by Gasteiger charge is -2.38. The summed E-state index contributed by atoms with van der Waals surface area (Å²) in [5.41, 5.74) is 2.13. The number of likely N-dealkylation sites (N-methyl/N-ethyl adjacent to an activating group) is 1. The van der Waals surface area contributed by atoms with Gasteiger partial charge in [-0.2, -0.15) is 0 Å². The SMILES string of the molecule is COC(=O)c1cc(N2CCC(N(C)CCO)CC2)c2cc(Br)ccc2n1. The van der Waals surface area contributed by atoms with Gasteiger partial charge in [0, 0.05) is 41.2 Å². The Hall–Kier alpha value is -1.70. The summed E-state index contributed by atoms with van der Waals surface area (Å²) >= 11 is 3.53. The first-order chi connectivity index (χ1) is 12.5. The molecule has 0 saturated carbocycles. The molecular formula is C19H24BrN3O3. The van der Waals surface area contributed by atoms with Crippen molar-refractivity contribution in [3.8, 4) is 0 Å². The Morgan fingerprint density at radius 3 is 2.77 bits per heavy atom. The first kappa shape index (κ1) is 19.1. The number of carbonyl (C=O) groups excluding carboxylic acids is 1. The fourth-order valence-electron chi connectivity index (χ4n) is 3.54. The Bertz CT molecular complexity index is 791. The zero-order valence-electron chi connectivity index (χ0n) is 15.1. The van der Waals surface area contributed by atoms with Gasteiger partial charge < -0.3 is 19.6 Å². The molecule has 0 aliphatic carbocycles. The molecule has 3 rings (SSSR count). The second-order valence-corrected chi connectivity index (χ2v) is 7.52. The van der Waals surface area contributed by atoms with Crippen LogP contribution in [0.1, 0.15) is 23.3 Å². The fraction of sp³-hybridized carbons (Fsp3) is 0.474. The number of rotatable bonds is 5. The second kappa shape index (κ2) is 8.33. The van der Waals surface area contributed by atoms with Crippen molar-refractivity contribution in [2.45, 2.75) is 18.9 Å². The number of fused-ring (bicyclic) bond motifs is 1. The molecule has 1 aliphatic rings. The monoisotopic (exact) mass is 421 g/mol. The standard InChI is InChI=1S/C19H24BrN3O3/c1-22(9-10-24)14-5-7-23(8-6-14)18-12-17(19(25)26-2)21-16-4-3-13(20)11-15(16)18/h3-4,11-12,14,24H,5-10H2,1-2H3. The average Bonchev–Trinajstić information content (AvgIpc) is 2.67. The summed E-state index contributed by atoms with van der Waals surface area (Å²) in [5, 5.41) is 10.2. The van der Waals surface area contributed by atoms with Gasteiger partial charge in [0.25, 0.3) is 0 Å². The quantitative estimate of drug-likeness (QED) is 0.748. The number of nitrogens with zero attached hydrogens (tertiary/aromatic N) is 3. The number of hydrogen-bond acceptors (Lipinski definition) is 6. The van der Waals surface area contributed by atoms with Crippen molar-refractivity contribution in [3.63, 3.8) is 0 Å². The summed E-state index contributed by atoms with van der Waals surface area (Å²) in [4.78, 5) is 21.0. The van der Waals surface area contributed by atoms with Crippen LogP contribution in [0.25, 0.3) is 10.9 Å². The third-order valence-electron chi connectivity index (χ3n) is 5.02. The van der Waals surface area contributed by atoms with Crippen LogP contribution in [0.5, 0.6) is 0 Å². The highest BCUT2D eigenvalue weighted by Gasteiger charge is 2.24. The molecule has 1 N–H and O–H groups in total. The van der Waals surface area contributed by atoms with E-state index in [9.17, 15) is 4.79 Å². The van der Waals surface area contributed by atoms with Crippen molar-refractivity contribution in [1.29, 1.82) is 0 Å². The lowest BCUT2D eigenvalue weighted by atomic mass is 10.0. The number of piperidine rings is 1. The van der Waals surface area contributed by atoms with Crippen LogP contribution in [0.2, 0.25) is 0 Å². The molecule has 7 heteroatoms. The molecule has 1 saturated heterocycles. The number of aliphatic hydroxyl groups is 1. The van der Waals surface area contributed by atoms with E-state index >= 15 is 0 Å². The molecule has 2 heterocycles. The van der Waals surface area contributed by atoms with E-state index in [1.807, 2.05) is 24.3 Å². The van der Waals surface area contributed by atoms with Gasteiger partial charge in [-0.1, -0.05) is 15.9 Å². The number of benzene rings is 1. The number of aliphatic hydroxyl groups excluding tert-OH is 1. The van der Waals surface area contributed by atoms with E-state index in [2.05, 4.69) is 37.8 Å². The van der Waals surface area contributed by atoms with Crippen LogP contribution in [0.4, 0.5) is 5.69 Å². The number of anilines is 1. The fourth-order valence-corrected chi connectivity index (χ4v) is 3.90. The van der Waals surface area contributed by atoms with E-state index < -0.39 is 5.97 Å². The van der Waals surface area contributed by atoms with E-state index in [4.69, 9.17) is 9.84 Å². The first-order valence-corrected chi connectivity index (χ1v) is 9.57. The van der Waals surface area contributed by atoms with Gasteiger partial charge in [-0.3, -0.25) is 0 Å². The number of hydrogen-bond donors (Lipinski definition) is 1. The molecule has 0 spiro atoms. The van der Waals surface area contributed by atoms with Crippen LogP contribution >= 0.6 is 15.9 Å². The molecule has 0 bridgehead atoms. The molecule has 0 unspecified atom stereocenters. The zero-order valence-corrected chi connectivity index (χ0v) is 16.7. The van der Waals surface area contributed by atoms with Gasteiger partial charge in [0.1, 0.15) is 0 Å². The predicted octanol–water partition coefficient (Wildman–Crippen LogP) is 2.68. The highest BCUT2D eigenvalue weighted by Crippen LogP contribution is 2.32. The summed E-state index contributed by atoms with van der Waals surface area (Å²) in [6, 6.07) is 8.19. The summed E-state index contributed by atoms with van der Waals surface area (Å²) in [6.07, 6.45) is 2.03. The van der Waals surface area contributed by atoms with Crippen molar-refractivity contribution in [3.05, 3.63) is 34.4 Å². The van der Waals surface area contributed by atoms with E-state index in [1.165, 1.54) is 7.11 Å². The van der Waals surface area contributed by atoms with Gasteiger partial charge in [0.05, 0.1) is 19.2 Å². The number of carbonyl (C=O) groups is 1. The highest BCUT2D eigenvalue weighted by molar-refractivity contribution is 9.10. The Balaban J connectivity index is 1.91. The predicted molar refractivity (Wildman–Crippen MR) is 106 cm³/mol. The Morgan fingerprint density at radius 2 is 2.12 bits per heavy atom. The number of methoxy groups -OCH3 is 1. The number of pyridine rings is 1. The third-order valence-corrected chi connectivity index (χ3v) is 5.52. The van der Waals surface area contributed by atoms with Crippen LogP contribution in [0.3, 0.4) is 0 Å².